The maximum absolute atomic E-state index is 13.8. The fourth-order valence-corrected chi connectivity index (χ4v) is 6.75. The number of aliphatic hydroxyl groups is 1. The summed E-state index contributed by atoms with van der Waals surface area (Å²) in [5, 5.41) is 23.0. The molecule has 234 valence electrons. The van der Waals surface area contributed by atoms with E-state index < -0.39 is 31.9 Å². The second kappa shape index (κ2) is 15.7. The molecule has 0 spiro atoms. The summed E-state index contributed by atoms with van der Waals surface area (Å²) >= 11 is 1.60. The van der Waals surface area contributed by atoms with Crippen molar-refractivity contribution >= 4 is 37.5 Å². The Kier molecular flexibility index (Phi) is 14.4. The van der Waals surface area contributed by atoms with Crippen molar-refractivity contribution in [3.8, 4) is 0 Å². The van der Waals surface area contributed by atoms with Gasteiger partial charge in [-0.2, -0.15) is 0 Å². The maximum atomic E-state index is 13.8. The van der Waals surface area contributed by atoms with Gasteiger partial charge in [0, 0.05) is 16.7 Å². The minimum absolute atomic E-state index is 0.0759. The van der Waals surface area contributed by atoms with Crippen LogP contribution in [0, 0.1) is 30.1 Å². The molecular weight excluding hydrogens is 551 g/mol. The Morgan fingerprint density at radius 2 is 1.73 bits per heavy atom. The summed E-state index contributed by atoms with van der Waals surface area (Å²) < 4.78 is 6.56. The van der Waals surface area contributed by atoms with Crippen molar-refractivity contribution in [2.24, 2.45) is 23.2 Å². The number of ketones is 1. The zero-order valence-corrected chi connectivity index (χ0v) is 29.5. The summed E-state index contributed by atoms with van der Waals surface area (Å²) in [5.74, 6) is -0.569. The number of unbranched alkanes of at least 4 members (excludes halogenated alkanes) is 1. The molecule has 0 saturated heterocycles. The van der Waals surface area contributed by atoms with Crippen molar-refractivity contribution in [1.82, 2.24) is 4.98 Å². The summed E-state index contributed by atoms with van der Waals surface area (Å²) in [6.45, 7) is 24.5. The molecule has 5 atom stereocenters. The molecule has 1 rings (SSSR count). The number of allylic oxidation sites excluding steroid dienone is 1. The van der Waals surface area contributed by atoms with E-state index in [-0.39, 0.29) is 29.1 Å². The smallest absolute Gasteiger partial charge is 0.305 e. The van der Waals surface area contributed by atoms with Gasteiger partial charge in [0.05, 0.1) is 29.3 Å². The number of aromatic nitrogens is 1. The van der Waals surface area contributed by atoms with Crippen molar-refractivity contribution in [2.75, 3.05) is 0 Å². The number of carbonyl (C=O) groups excluding carboxylic acids is 1. The van der Waals surface area contributed by atoms with E-state index in [2.05, 4.69) is 58.8 Å². The molecule has 0 radical (unpaired) electrons. The largest absolute Gasteiger partial charge is 0.481 e. The van der Waals surface area contributed by atoms with E-state index in [1.807, 2.05) is 52.2 Å². The number of hydrogen-bond donors (Lipinski definition) is 2. The Balaban J connectivity index is 2.69. The topological polar surface area (TPSA) is 96.7 Å². The highest BCUT2D eigenvalue weighted by molar-refractivity contribution is 7.09. The predicted molar refractivity (Wildman–Crippen MR) is 175 cm³/mol. The zero-order valence-electron chi connectivity index (χ0n) is 27.7. The third-order valence-electron chi connectivity index (χ3n) is 9.24. The molecule has 0 fully saturated rings. The molecule has 6 nitrogen and oxygen atoms in total. The van der Waals surface area contributed by atoms with Crippen LogP contribution in [-0.4, -0.2) is 47.5 Å². The normalized spacial score (nSPS) is 17.3. The van der Waals surface area contributed by atoms with E-state index >= 15 is 0 Å². The van der Waals surface area contributed by atoms with Gasteiger partial charge in [-0.15, -0.1) is 11.3 Å². The van der Waals surface area contributed by atoms with Gasteiger partial charge in [-0.1, -0.05) is 74.0 Å². The Hall–Kier alpha value is -1.61. The number of carboxylic acids is 1. The van der Waals surface area contributed by atoms with Crippen LogP contribution in [0.1, 0.15) is 105 Å². The van der Waals surface area contributed by atoms with Crippen molar-refractivity contribution in [3.05, 3.63) is 33.8 Å². The Labute approximate surface area is 254 Å². The minimum Gasteiger partial charge on any atom is -0.481 e. The number of aliphatic hydroxyl groups excluding tert-OH is 1. The lowest BCUT2D eigenvalue weighted by atomic mass is 9.70. The molecule has 0 amide bonds. The SMILES string of the molecule is C/C(=C\c1csc(C)n1)C(O)C/C=C\CCCC(C)[C@H](C)[C@@H](C)C(=O)C(C)(C)[C@H](CC(=O)O)O[Si](C)(C)C(C)(C)C. The fourth-order valence-electron chi connectivity index (χ4n) is 4.74. The quantitative estimate of drug-likeness (QED) is 0.104. The van der Waals surface area contributed by atoms with Crippen LogP contribution in [0.4, 0.5) is 0 Å². The van der Waals surface area contributed by atoms with Gasteiger partial charge < -0.3 is 14.6 Å². The molecule has 0 aliphatic heterocycles. The molecule has 0 bridgehead atoms. The lowest BCUT2D eigenvalue weighted by molar-refractivity contribution is -0.145. The van der Waals surface area contributed by atoms with Crippen LogP contribution in [0.5, 0.6) is 0 Å². The van der Waals surface area contributed by atoms with Gasteiger partial charge in [0.2, 0.25) is 0 Å². The molecule has 0 aliphatic carbocycles. The number of carboxylic acid groups (broad SMARTS) is 1. The van der Waals surface area contributed by atoms with Gasteiger partial charge >= 0.3 is 5.97 Å². The van der Waals surface area contributed by atoms with Crippen molar-refractivity contribution in [3.63, 3.8) is 0 Å². The second-order valence-corrected chi connectivity index (χ2v) is 19.8. The average molecular weight is 608 g/mol. The first-order valence-corrected chi connectivity index (χ1v) is 18.9. The molecule has 2 N–H and O–H groups in total. The van der Waals surface area contributed by atoms with Crippen LogP contribution in [0.3, 0.4) is 0 Å². The fraction of sp³-hybridized carbons (Fsp3) is 0.727. The summed E-state index contributed by atoms with van der Waals surface area (Å²) in [6.07, 6.45) is 8.25. The minimum atomic E-state index is -2.28. The number of thiazole rings is 1. The monoisotopic (exact) mass is 607 g/mol. The maximum Gasteiger partial charge on any atom is 0.305 e. The van der Waals surface area contributed by atoms with Crippen LogP contribution in [-0.2, 0) is 14.0 Å². The van der Waals surface area contributed by atoms with E-state index in [9.17, 15) is 19.8 Å². The van der Waals surface area contributed by atoms with Crippen LogP contribution < -0.4 is 0 Å². The van der Waals surface area contributed by atoms with Gasteiger partial charge in [-0.3, -0.25) is 9.59 Å². The number of nitrogens with zero attached hydrogens (tertiary/aromatic N) is 1. The zero-order chi connectivity index (χ0) is 31.8. The first kappa shape index (κ1) is 37.4. The number of hydrogen-bond acceptors (Lipinski definition) is 6. The van der Waals surface area contributed by atoms with Crippen molar-refractivity contribution < 1.29 is 24.2 Å². The molecule has 0 aliphatic rings. The molecule has 41 heavy (non-hydrogen) atoms. The third kappa shape index (κ3) is 11.5. The molecular formula is C33H57NO5SSi. The molecule has 8 heteroatoms. The number of carbonyl (C=O) groups is 2. The number of Topliss-reactive ketones (excluding diaryl/α,β-unsaturated/α-hetero) is 1. The summed E-state index contributed by atoms with van der Waals surface area (Å²) in [6, 6.07) is 0. The molecule has 0 aromatic carbocycles. The van der Waals surface area contributed by atoms with Crippen molar-refractivity contribution in [2.45, 2.75) is 132 Å². The summed E-state index contributed by atoms with van der Waals surface area (Å²) in [4.78, 5) is 30.0. The van der Waals surface area contributed by atoms with Crippen LogP contribution in [0.2, 0.25) is 18.1 Å². The number of aryl methyl sites for hydroxylation is 1. The highest BCUT2D eigenvalue weighted by Gasteiger charge is 2.47. The van der Waals surface area contributed by atoms with E-state index in [1.165, 1.54) is 0 Å². The van der Waals surface area contributed by atoms with E-state index in [4.69, 9.17) is 4.43 Å². The molecule has 2 unspecified atom stereocenters. The molecule has 1 aromatic heterocycles. The van der Waals surface area contributed by atoms with Gasteiger partial charge in [-0.25, -0.2) is 4.98 Å². The molecule has 1 heterocycles. The first-order valence-electron chi connectivity index (χ1n) is 15.1. The number of aliphatic carboxylic acids is 1. The highest BCUT2D eigenvalue weighted by Crippen LogP contribution is 2.42. The lowest BCUT2D eigenvalue weighted by Gasteiger charge is -2.44. The predicted octanol–water partition coefficient (Wildman–Crippen LogP) is 8.70. The standard InChI is InChI=1S/C33H57NO5SSi/c1-22(17-15-13-14-16-18-28(35)23(2)19-27-21-40-26(5)34-27)24(3)25(4)31(38)33(9,10)29(20-30(36)37)39-41(11,12)32(6,7)8/h14,16,19,21-22,24-25,28-29,35H,13,15,17-18,20H2,1-12H3,(H,36,37)/b16-14-,23-19+/t22?,24-,25+,28?,29-/m0/s1. The van der Waals surface area contributed by atoms with Crippen LogP contribution in [0.25, 0.3) is 6.08 Å². The van der Waals surface area contributed by atoms with E-state index in [0.29, 0.717) is 12.3 Å². The Morgan fingerprint density at radius 1 is 1.12 bits per heavy atom. The summed E-state index contributed by atoms with van der Waals surface area (Å²) in [5.41, 5.74) is 0.896. The van der Waals surface area contributed by atoms with E-state index in [0.717, 1.165) is 35.5 Å². The molecule has 0 saturated carbocycles. The van der Waals surface area contributed by atoms with E-state index in [1.54, 1.807) is 11.3 Å². The van der Waals surface area contributed by atoms with Crippen LogP contribution in [0.15, 0.2) is 23.1 Å². The average Bonchev–Trinajstić information content (AvgIpc) is 3.26. The van der Waals surface area contributed by atoms with Crippen LogP contribution >= 0.6 is 11.3 Å². The van der Waals surface area contributed by atoms with Gasteiger partial charge in [-0.05, 0) is 74.7 Å². The number of rotatable bonds is 17. The molecule has 1 aromatic rings. The second-order valence-electron chi connectivity index (χ2n) is 14.0. The first-order chi connectivity index (χ1) is 18.7. The highest BCUT2D eigenvalue weighted by atomic mass is 32.1. The van der Waals surface area contributed by atoms with Gasteiger partial charge in [0.15, 0.2) is 8.32 Å². The Morgan fingerprint density at radius 3 is 2.24 bits per heavy atom. The summed E-state index contributed by atoms with van der Waals surface area (Å²) in [7, 11) is -2.28. The van der Waals surface area contributed by atoms with Gasteiger partial charge in [0.1, 0.15) is 5.78 Å². The Bertz CT molecular complexity index is 1050. The third-order valence-corrected chi connectivity index (χ3v) is 14.5. The van der Waals surface area contributed by atoms with Crippen molar-refractivity contribution in [1.29, 1.82) is 0 Å². The lowest BCUT2D eigenvalue weighted by Crippen LogP contribution is -2.52. The van der Waals surface area contributed by atoms with Gasteiger partial charge in [0.25, 0.3) is 0 Å².